The molecule has 95 heavy (non-hydrogen) atoms. The molecule has 0 aliphatic rings. The van der Waals surface area contributed by atoms with Crippen LogP contribution in [0.5, 0.6) is 0 Å². The van der Waals surface area contributed by atoms with Gasteiger partial charge in [0.25, 0.3) is 0 Å². The van der Waals surface area contributed by atoms with E-state index in [-0.39, 0.29) is 130 Å². The van der Waals surface area contributed by atoms with Gasteiger partial charge in [0.15, 0.2) is 0 Å². The monoisotopic (exact) mass is 1330 g/mol. The van der Waals surface area contributed by atoms with Crippen LogP contribution in [0.15, 0.2) is 182 Å². The molecule has 0 atom stereocenters. The molecule has 3 heterocycles. The van der Waals surface area contributed by atoms with Crippen molar-refractivity contribution >= 4 is 43.6 Å². The molecule has 3 aromatic heterocycles. The second-order valence-electron chi connectivity index (χ2n) is 22.4. The van der Waals surface area contributed by atoms with Crippen molar-refractivity contribution in [2.24, 2.45) is 0 Å². The lowest BCUT2D eigenvalue weighted by atomic mass is 9.96. The second-order valence-corrected chi connectivity index (χ2v) is 22.4. The molecule has 0 saturated heterocycles. The first-order valence-electron chi connectivity index (χ1n) is 28.1. The van der Waals surface area contributed by atoms with Crippen molar-refractivity contribution in [3.05, 3.63) is 232 Å². The van der Waals surface area contributed by atoms with E-state index in [1.807, 2.05) is 0 Å². The Balaban J connectivity index is 1.27. The maximum atomic E-state index is 14.7. The number of rotatable bonds is 9. The topological polar surface area (TPSA) is 46.5 Å². The van der Waals surface area contributed by atoms with Gasteiger partial charge in [-0.3, -0.25) is 4.98 Å². The van der Waals surface area contributed by atoms with Gasteiger partial charge in [0.05, 0.1) is 84.0 Å². The zero-order chi connectivity index (χ0) is 68.4. The van der Waals surface area contributed by atoms with Crippen LogP contribution < -0.4 is 0 Å². The molecule has 0 aliphatic carbocycles. The van der Waals surface area contributed by atoms with Gasteiger partial charge in [-0.15, -0.1) is 0 Å². The zero-order valence-corrected chi connectivity index (χ0v) is 48.0. The highest BCUT2D eigenvalue weighted by Gasteiger charge is 2.41. The molecule has 484 valence electrons. The molecule has 0 saturated carbocycles. The number of fused-ring (bicyclic) bond motifs is 6. The molecule has 0 amide bonds. The molecular formula is C70H37F21N4. The largest absolute Gasteiger partial charge is 0.416 e. The number of aryl methyl sites for hydroxylation is 1. The van der Waals surface area contributed by atoms with Crippen molar-refractivity contribution in [2.45, 2.75) is 63.0 Å². The highest BCUT2D eigenvalue weighted by Crippen LogP contribution is 2.48. The Hall–Kier alpha value is -10.3. The van der Waals surface area contributed by atoms with Crippen molar-refractivity contribution in [3.63, 3.8) is 0 Å². The Labute approximate surface area is 521 Å². The number of alkyl halides is 21. The Morgan fingerprint density at radius 2 is 0.600 bits per heavy atom. The summed E-state index contributed by atoms with van der Waals surface area (Å²) in [6.45, 7) is 1.72. The highest BCUT2D eigenvalue weighted by molar-refractivity contribution is 6.14. The summed E-state index contributed by atoms with van der Waals surface area (Å²) in [5.41, 5.74) is -14.9. The van der Waals surface area contributed by atoms with Crippen molar-refractivity contribution in [1.82, 2.24) is 14.1 Å². The van der Waals surface area contributed by atoms with E-state index in [1.54, 1.807) is 6.92 Å². The van der Waals surface area contributed by atoms with Gasteiger partial charge < -0.3 is 9.13 Å². The lowest BCUT2D eigenvalue weighted by Gasteiger charge is -2.20. The number of hydrogen-bond acceptors (Lipinski definition) is 2. The van der Waals surface area contributed by atoms with Crippen LogP contribution in [0.1, 0.15) is 63.4 Å². The third kappa shape index (κ3) is 12.4. The minimum Gasteiger partial charge on any atom is -0.307 e. The lowest BCUT2D eigenvalue weighted by Crippen LogP contribution is -2.11. The van der Waals surface area contributed by atoms with Crippen LogP contribution >= 0.6 is 0 Å². The first kappa shape index (κ1) is 64.8. The molecule has 0 N–H and O–H groups in total. The van der Waals surface area contributed by atoms with Crippen LogP contribution in [0.25, 0.3) is 111 Å². The summed E-state index contributed by atoms with van der Waals surface area (Å²) < 4.78 is 309. The molecule has 12 aromatic rings. The average molecular weight is 1330 g/mol. The molecule has 0 spiro atoms. The van der Waals surface area contributed by atoms with Gasteiger partial charge in [-0.1, -0.05) is 67.9 Å². The summed E-state index contributed by atoms with van der Waals surface area (Å²) in [7, 11) is 0. The fourth-order valence-corrected chi connectivity index (χ4v) is 11.9. The van der Waals surface area contributed by atoms with E-state index in [4.69, 9.17) is 0 Å². The first-order valence-corrected chi connectivity index (χ1v) is 28.1. The van der Waals surface area contributed by atoms with Crippen molar-refractivity contribution in [3.8, 4) is 73.1 Å². The van der Waals surface area contributed by atoms with Crippen molar-refractivity contribution < 1.29 is 92.2 Å². The Bertz CT molecular complexity index is 4880. The predicted molar refractivity (Wildman–Crippen MR) is 314 cm³/mol. The van der Waals surface area contributed by atoms with E-state index in [9.17, 15) is 97.5 Å². The fourth-order valence-electron chi connectivity index (χ4n) is 11.9. The van der Waals surface area contributed by atoms with E-state index >= 15 is 0 Å². The Kier molecular flexibility index (Phi) is 15.5. The molecular weight excluding hydrogens is 1300 g/mol. The predicted octanol–water partition coefficient (Wildman–Crippen LogP) is 23.6. The third-order valence-electron chi connectivity index (χ3n) is 16.2. The molecule has 0 aliphatic heterocycles. The minimum absolute atomic E-state index is 0.000337. The molecule has 9 aromatic carbocycles. The normalized spacial score (nSPS) is 13.0. The first-order chi connectivity index (χ1) is 44.4. The molecule has 0 unspecified atom stereocenters. The van der Waals surface area contributed by atoms with Gasteiger partial charge in [0, 0.05) is 39.5 Å². The lowest BCUT2D eigenvalue weighted by molar-refractivity contribution is -0.144. The average Bonchev–Trinajstić information content (AvgIpc) is 1.58. The molecule has 4 nitrogen and oxygen atoms in total. The molecule has 0 fully saturated rings. The van der Waals surface area contributed by atoms with Gasteiger partial charge in [0.2, 0.25) is 0 Å². The fraction of sp³-hybridized carbons (Fsp3) is 0.143. The maximum absolute atomic E-state index is 14.7. The number of nitriles is 1. The van der Waals surface area contributed by atoms with E-state index in [2.05, 4.69) is 11.1 Å². The summed E-state index contributed by atoms with van der Waals surface area (Å²) in [4.78, 5) is 4.05. The molecule has 0 bridgehead atoms. The summed E-state index contributed by atoms with van der Waals surface area (Å²) in [5, 5.41) is 11.7. The van der Waals surface area contributed by atoms with E-state index in [1.165, 1.54) is 100 Å². The number of pyridine rings is 1. The maximum Gasteiger partial charge on any atom is 0.416 e. The summed E-state index contributed by atoms with van der Waals surface area (Å²) in [6.07, 6.45) is -33.9. The smallest absolute Gasteiger partial charge is 0.307 e. The highest BCUT2D eigenvalue weighted by atomic mass is 19.4. The SMILES string of the molecule is CCCc1cc(-c2ccc3c4ccc(-c5cc(C(F)(F)F)cc(C(F)(F)F)c5)cc4n(-c4cc(C#N)c(-c5ccncc5)cc4-n4c5cc(-c6cc(C(F)(F)F)cc(C(F)(F)F)c6)ccc5c5ccc(-c6cc(C(F)(F)F)cc(C(F)(F)F)c6)cc54)c3c2)cc(C(F)(F)F)c1. The van der Waals surface area contributed by atoms with Crippen LogP contribution in [0.4, 0.5) is 92.2 Å². The van der Waals surface area contributed by atoms with Gasteiger partial charge in [-0.25, -0.2) is 0 Å². The number of nitrogens with zero attached hydrogens (tertiary/aromatic N) is 4. The van der Waals surface area contributed by atoms with E-state index in [0.29, 0.717) is 42.8 Å². The Morgan fingerprint density at radius 1 is 0.316 bits per heavy atom. The number of aromatic nitrogens is 3. The number of halogens is 21. The molecule has 0 radical (unpaired) electrons. The van der Waals surface area contributed by atoms with Crippen LogP contribution in [-0.4, -0.2) is 14.1 Å². The van der Waals surface area contributed by atoms with Gasteiger partial charge in [-0.2, -0.15) is 97.5 Å². The number of hydrogen-bond donors (Lipinski definition) is 0. The summed E-state index contributed by atoms with van der Waals surface area (Å²) in [5.74, 6) is 0. The van der Waals surface area contributed by atoms with Crippen LogP contribution in [0.3, 0.4) is 0 Å². The van der Waals surface area contributed by atoms with E-state index in [0.717, 1.165) is 36.4 Å². The standard InChI is InChI=1S/C70H37F21N4/c1-2-3-35-16-41(18-46(17-35)64(71,72)73)37-4-8-53-54-9-5-38(42-19-47(65(74,75)76)30-48(20-42)66(77,78)79)26-59(54)94(58(53)25-37)62-29-45(34-92)57(36-12-14-93-15-13-36)33-63(62)95-60-27-39(43-21-49(67(80,81)82)31-50(22-43)68(83,84)85)6-10-55(60)56-11-7-40(28-61(56)95)44-23-51(69(86,87)88)32-52(24-44)70(89,90)91/h4-33H,2-3H2,1H3. The van der Waals surface area contributed by atoms with Gasteiger partial charge in [-0.05, 0) is 177 Å². The molecule has 12 rings (SSSR count). The van der Waals surface area contributed by atoms with Crippen molar-refractivity contribution in [1.29, 1.82) is 5.26 Å². The third-order valence-corrected chi connectivity index (χ3v) is 16.2. The Morgan fingerprint density at radius 3 is 0.884 bits per heavy atom. The van der Waals surface area contributed by atoms with Gasteiger partial charge >= 0.3 is 43.2 Å². The van der Waals surface area contributed by atoms with Crippen molar-refractivity contribution in [2.75, 3.05) is 0 Å². The van der Waals surface area contributed by atoms with Crippen LogP contribution in [0, 0.1) is 11.3 Å². The zero-order valence-electron chi connectivity index (χ0n) is 48.0. The summed E-state index contributed by atoms with van der Waals surface area (Å²) >= 11 is 0. The minimum atomic E-state index is -5.37. The van der Waals surface area contributed by atoms with E-state index < -0.39 is 98.9 Å². The second kappa shape index (κ2) is 22.8. The van der Waals surface area contributed by atoms with Crippen LogP contribution in [-0.2, 0) is 49.7 Å². The summed E-state index contributed by atoms with van der Waals surface area (Å²) in [6, 6.07) is 28.2. The molecule has 25 heteroatoms. The quantitative estimate of drug-likeness (QED) is 0.135. The van der Waals surface area contributed by atoms with Crippen LogP contribution in [0.2, 0.25) is 0 Å². The number of benzene rings is 9. The van der Waals surface area contributed by atoms with Gasteiger partial charge in [0.1, 0.15) is 0 Å².